The van der Waals surface area contributed by atoms with E-state index in [9.17, 15) is 4.79 Å². The van der Waals surface area contributed by atoms with Crippen molar-refractivity contribution in [3.8, 4) is 0 Å². The summed E-state index contributed by atoms with van der Waals surface area (Å²) in [6, 6.07) is 0. The van der Waals surface area contributed by atoms with Crippen molar-refractivity contribution in [2.75, 3.05) is 0 Å². The van der Waals surface area contributed by atoms with Crippen molar-refractivity contribution >= 4 is 0 Å². The molecule has 1 aromatic rings. The minimum atomic E-state index is -0.470. The second-order valence-electron chi connectivity index (χ2n) is 0.946. The Bertz CT molecular complexity index is 175. The van der Waals surface area contributed by atoms with E-state index in [1.165, 1.54) is 6.20 Å². The zero-order chi connectivity index (χ0) is 5.11. The van der Waals surface area contributed by atoms with Crippen LogP contribution in [-0.4, -0.2) is 4.98 Å². The van der Waals surface area contributed by atoms with Crippen molar-refractivity contribution in [2.45, 2.75) is 0 Å². The van der Waals surface area contributed by atoms with E-state index in [0.717, 1.165) is 6.20 Å². The second-order valence-corrected chi connectivity index (χ2v) is 0.946. The molecule has 0 aromatic carbocycles. The maximum atomic E-state index is 10.0. The highest BCUT2D eigenvalue weighted by molar-refractivity contribution is 4.64. The van der Waals surface area contributed by atoms with Crippen molar-refractivity contribution in [3.63, 3.8) is 0 Å². The molecule has 0 saturated heterocycles. The Hall–Kier alpha value is -1.12. The van der Waals surface area contributed by atoms with Crippen LogP contribution < -0.4 is 5.63 Å². The average Bonchev–Trinajstić information content (AvgIpc) is 1.69. The van der Waals surface area contributed by atoms with Gasteiger partial charge in [-0.15, -0.1) is 0 Å². The van der Waals surface area contributed by atoms with Crippen LogP contribution in [0.25, 0.3) is 0 Å². The molecule has 0 spiro atoms. The lowest BCUT2D eigenvalue weighted by atomic mass is 10.8. The van der Waals surface area contributed by atoms with Crippen molar-refractivity contribution in [1.82, 2.24) is 4.98 Å². The number of nitrogens with zero attached hydrogens (tertiary/aromatic N) is 1. The summed E-state index contributed by atoms with van der Waals surface area (Å²) in [7, 11) is 0. The fourth-order valence-corrected chi connectivity index (χ4v) is 0.239. The highest BCUT2D eigenvalue weighted by Gasteiger charge is 1.75. The molecule has 0 aliphatic heterocycles. The topological polar surface area (TPSA) is 43.1 Å². The van der Waals surface area contributed by atoms with Gasteiger partial charge in [0.05, 0.1) is 6.20 Å². The van der Waals surface area contributed by atoms with Crippen LogP contribution in [0, 0.1) is 6.26 Å². The van der Waals surface area contributed by atoms with Crippen molar-refractivity contribution in [2.24, 2.45) is 0 Å². The van der Waals surface area contributed by atoms with E-state index in [2.05, 4.69) is 15.7 Å². The molecular weight excluding hydrogens is 94.0 g/mol. The molecule has 0 saturated carbocycles. The van der Waals surface area contributed by atoms with Crippen molar-refractivity contribution in [3.05, 3.63) is 29.1 Å². The molecule has 3 heteroatoms. The van der Waals surface area contributed by atoms with Crippen LogP contribution in [0.1, 0.15) is 0 Å². The van der Waals surface area contributed by atoms with E-state index in [1.54, 1.807) is 0 Å². The Morgan fingerprint density at radius 3 is 3.00 bits per heavy atom. The largest absolute Gasteiger partial charge is 0.417 e. The highest BCUT2D eigenvalue weighted by Crippen LogP contribution is 1.63. The van der Waals surface area contributed by atoms with Gasteiger partial charge in [-0.25, -0.2) is 4.79 Å². The highest BCUT2D eigenvalue weighted by atomic mass is 16.4. The Morgan fingerprint density at radius 1 is 1.86 bits per heavy atom. The van der Waals surface area contributed by atoms with Gasteiger partial charge in [-0.1, -0.05) is 0 Å². The molecule has 1 aromatic heterocycles. The molecule has 0 unspecified atom stereocenters. The molecule has 0 bridgehead atoms. The maximum Gasteiger partial charge on any atom is 0.354 e. The zero-order valence-corrected chi connectivity index (χ0v) is 3.42. The Labute approximate surface area is 39.6 Å². The summed E-state index contributed by atoms with van der Waals surface area (Å²) in [4.78, 5) is 13.4. The lowest BCUT2D eigenvalue weighted by molar-refractivity contribution is 0.493. The molecule has 0 fully saturated rings. The third-order valence-corrected chi connectivity index (χ3v) is 0.467. The van der Waals surface area contributed by atoms with Crippen LogP contribution in [-0.2, 0) is 0 Å². The smallest absolute Gasteiger partial charge is 0.354 e. The lowest BCUT2D eigenvalue weighted by Gasteiger charge is -1.70. The summed E-state index contributed by atoms with van der Waals surface area (Å²) in [5, 5.41) is 0. The monoisotopic (exact) mass is 96.0 g/mol. The van der Waals surface area contributed by atoms with Gasteiger partial charge in [0, 0.05) is 0 Å². The lowest BCUT2D eigenvalue weighted by Crippen LogP contribution is -1.94. The number of rotatable bonds is 0. The molecule has 1 radical (unpaired) electrons. The standard InChI is InChI=1S/C4H2NO2/c6-4-3-5-1-2-7-4/h1,3H. The summed E-state index contributed by atoms with van der Waals surface area (Å²) in [6.45, 7) is 0. The predicted molar refractivity (Wildman–Crippen MR) is 21.6 cm³/mol. The van der Waals surface area contributed by atoms with E-state index in [-0.39, 0.29) is 0 Å². The predicted octanol–water partition coefficient (Wildman–Crippen LogP) is -0.165. The number of hydrogen-bond donors (Lipinski definition) is 0. The van der Waals surface area contributed by atoms with Crippen LogP contribution >= 0.6 is 0 Å². The van der Waals surface area contributed by atoms with Crippen molar-refractivity contribution < 1.29 is 4.42 Å². The fraction of sp³-hybridized carbons (Fsp3) is 0. The van der Waals surface area contributed by atoms with Gasteiger partial charge in [0.1, 0.15) is 6.20 Å². The normalized spacial score (nSPS) is 8.57. The van der Waals surface area contributed by atoms with Crippen molar-refractivity contribution in [1.29, 1.82) is 0 Å². The molecule has 0 amide bonds. The van der Waals surface area contributed by atoms with E-state index < -0.39 is 5.63 Å². The summed E-state index contributed by atoms with van der Waals surface area (Å²) in [5.74, 6) is 0. The van der Waals surface area contributed by atoms with Gasteiger partial charge in [-0.3, -0.25) is 4.98 Å². The first kappa shape index (κ1) is 4.05. The summed E-state index contributed by atoms with van der Waals surface area (Å²) in [5.41, 5.74) is -0.470. The maximum absolute atomic E-state index is 10.0. The molecule has 3 nitrogen and oxygen atoms in total. The Balaban J connectivity index is 3.28. The first-order chi connectivity index (χ1) is 3.39. The molecular formula is C4H2NO2. The summed E-state index contributed by atoms with van der Waals surface area (Å²) < 4.78 is 4.18. The second kappa shape index (κ2) is 1.55. The van der Waals surface area contributed by atoms with E-state index >= 15 is 0 Å². The molecule has 0 aliphatic carbocycles. The molecule has 0 atom stereocenters. The van der Waals surface area contributed by atoms with Gasteiger partial charge < -0.3 is 4.42 Å². The van der Waals surface area contributed by atoms with E-state index in [1.807, 2.05) is 0 Å². The SMILES string of the molecule is O=c1cnc[c]o1. The molecule has 1 heterocycles. The van der Waals surface area contributed by atoms with Gasteiger partial charge in [-0.2, -0.15) is 0 Å². The third kappa shape index (κ3) is 0.855. The molecule has 0 N–H and O–H groups in total. The number of hydrogen-bond acceptors (Lipinski definition) is 3. The molecule has 1 rings (SSSR count). The average molecular weight is 96.1 g/mol. The number of aromatic nitrogens is 1. The van der Waals surface area contributed by atoms with E-state index in [0.29, 0.717) is 0 Å². The Kier molecular flexibility index (Phi) is 0.898. The van der Waals surface area contributed by atoms with Crippen LogP contribution in [0.3, 0.4) is 0 Å². The zero-order valence-electron chi connectivity index (χ0n) is 3.42. The van der Waals surface area contributed by atoms with Crippen LogP contribution in [0.2, 0.25) is 0 Å². The third-order valence-electron chi connectivity index (χ3n) is 0.467. The molecule has 0 aliphatic rings. The minimum Gasteiger partial charge on any atom is -0.417 e. The van der Waals surface area contributed by atoms with Crippen LogP contribution in [0.5, 0.6) is 0 Å². The van der Waals surface area contributed by atoms with Gasteiger partial charge in [0.25, 0.3) is 0 Å². The molecule has 7 heavy (non-hydrogen) atoms. The van der Waals surface area contributed by atoms with Gasteiger partial charge in [0.15, 0.2) is 6.26 Å². The summed E-state index contributed by atoms with van der Waals surface area (Å²) >= 11 is 0. The van der Waals surface area contributed by atoms with Crippen LogP contribution in [0.4, 0.5) is 0 Å². The van der Waals surface area contributed by atoms with Gasteiger partial charge in [0.2, 0.25) is 0 Å². The van der Waals surface area contributed by atoms with E-state index in [4.69, 9.17) is 0 Å². The minimum absolute atomic E-state index is 0.470. The fourth-order valence-electron chi connectivity index (χ4n) is 0.239. The summed E-state index contributed by atoms with van der Waals surface area (Å²) in [6.07, 6.45) is 4.52. The quantitative estimate of drug-likeness (QED) is 0.450. The van der Waals surface area contributed by atoms with Crippen LogP contribution in [0.15, 0.2) is 21.6 Å². The van der Waals surface area contributed by atoms with Gasteiger partial charge >= 0.3 is 5.63 Å². The van der Waals surface area contributed by atoms with Gasteiger partial charge in [-0.05, 0) is 0 Å². The molecule has 35 valence electrons. The first-order valence-electron chi connectivity index (χ1n) is 1.71. The Morgan fingerprint density at radius 2 is 2.71 bits per heavy atom. The first-order valence-corrected chi connectivity index (χ1v) is 1.71.